The number of anilines is 1. The van der Waals surface area contributed by atoms with Crippen molar-refractivity contribution in [2.24, 2.45) is 7.05 Å². The molecule has 1 aromatic heterocycles. The highest BCUT2D eigenvalue weighted by atomic mass is 16.5. The molecule has 2 aromatic carbocycles. The van der Waals surface area contributed by atoms with E-state index in [4.69, 9.17) is 4.74 Å². The van der Waals surface area contributed by atoms with Crippen molar-refractivity contribution >= 4 is 17.5 Å². The van der Waals surface area contributed by atoms with Crippen molar-refractivity contribution in [2.75, 3.05) is 38.2 Å². The Bertz CT molecular complexity index is 1300. The topological polar surface area (TPSA) is 70.9 Å². The Hall–Kier alpha value is -3.65. The van der Waals surface area contributed by atoms with Gasteiger partial charge in [-0.2, -0.15) is 5.10 Å². The maximum absolute atomic E-state index is 13.9. The van der Waals surface area contributed by atoms with Gasteiger partial charge in [-0.3, -0.25) is 19.2 Å². The number of carbonyl (C=O) groups is 2. The Morgan fingerprint density at radius 1 is 1.00 bits per heavy atom. The fourth-order valence-electron chi connectivity index (χ4n) is 5.36. The van der Waals surface area contributed by atoms with E-state index in [0.717, 1.165) is 53.3 Å². The van der Waals surface area contributed by atoms with Crippen LogP contribution in [-0.2, 0) is 24.8 Å². The molecule has 0 atom stereocenters. The molecule has 1 aliphatic rings. The van der Waals surface area contributed by atoms with E-state index in [9.17, 15) is 9.59 Å². The van der Waals surface area contributed by atoms with E-state index in [2.05, 4.69) is 23.8 Å². The first-order valence-electron chi connectivity index (χ1n) is 13.7. The lowest BCUT2D eigenvalue weighted by Gasteiger charge is -2.30. The minimum atomic E-state index is -0.0351. The van der Waals surface area contributed by atoms with Gasteiger partial charge in [0.2, 0.25) is 5.91 Å². The quantitative estimate of drug-likeness (QED) is 0.489. The molecule has 4 rings (SSSR count). The first-order valence-corrected chi connectivity index (χ1v) is 13.7. The number of para-hydroxylation sites is 1. The van der Waals surface area contributed by atoms with E-state index in [0.29, 0.717) is 37.7 Å². The van der Waals surface area contributed by atoms with E-state index >= 15 is 0 Å². The second kappa shape index (κ2) is 12.5. The number of aryl methyl sites for hydroxylation is 3. The second-order valence-electron chi connectivity index (χ2n) is 10.7. The van der Waals surface area contributed by atoms with Gasteiger partial charge in [0.1, 0.15) is 5.75 Å². The number of rotatable bonds is 5. The van der Waals surface area contributed by atoms with Gasteiger partial charge in [0.05, 0.1) is 30.5 Å². The molecule has 0 fully saturated rings. The minimum absolute atomic E-state index is 0.0351. The summed E-state index contributed by atoms with van der Waals surface area (Å²) in [5.74, 6) is 0.782. The Kier molecular flexibility index (Phi) is 9.07. The highest BCUT2D eigenvalue weighted by Gasteiger charge is 2.27. The molecule has 2 amide bonds. The molecular formula is C31H41N5O3. The third-order valence-corrected chi connectivity index (χ3v) is 7.51. The molecule has 3 aromatic rings. The number of fused-ring (bicyclic) bond motifs is 1. The van der Waals surface area contributed by atoms with Gasteiger partial charge in [-0.05, 0) is 62.9 Å². The van der Waals surface area contributed by atoms with Gasteiger partial charge in [-0.25, -0.2) is 0 Å². The molecule has 2 heterocycles. The van der Waals surface area contributed by atoms with Gasteiger partial charge in [-0.1, -0.05) is 30.3 Å². The molecule has 0 aliphatic carbocycles. The molecule has 0 saturated carbocycles. The van der Waals surface area contributed by atoms with Crippen molar-refractivity contribution < 1.29 is 14.3 Å². The molecule has 0 N–H and O–H groups in total. The van der Waals surface area contributed by atoms with E-state index in [1.165, 1.54) is 0 Å². The number of hydrogen-bond acceptors (Lipinski definition) is 5. The largest absolute Gasteiger partial charge is 0.497 e. The third-order valence-electron chi connectivity index (χ3n) is 7.51. The first-order chi connectivity index (χ1) is 18.7. The van der Waals surface area contributed by atoms with Crippen LogP contribution < -0.4 is 9.64 Å². The summed E-state index contributed by atoms with van der Waals surface area (Å²) in [4.78, 5) is 33.9. The zero-order chi connectivity index (χ0) is 28.1. The zero-order valence-corrected chi connectivity index (χ0v) is 24.1. The van der Waals surface area contributed by atoms with Crippen LogP contribution in [0.3, 0.4) is 0 Å². The van der Waals surface area contributed by atoms with Crippen LogP contribution in [0.15, 0.2) is 48.7 Å². The Morgan fingerprint density at radius 3 is 2.38 bits per heavy atom. The molecular weight excluding hydrogens is 490 g/mol. The zero-order valence-electron chi connectivity index (χ0n) is 24.1. The number of carbonyl (C=O) groups excluding carboxylic acids is 2. The van der Waals surface area contributed by atoms with Gasteiger partial charge in [0.25, 0.3) is 5.91 Å². The minimum Gasteiger partial charge on any atom is -0.497 e. The number of ether oxygens (including phenoxy) is 1. The van der Waals surface area contributed by atoms with Gasteiger partial charge >= 0.3 is 0 Å². The van der Waals surface area contributed by atoms with E-state index in [-0.39, 0.29) is 11.8 Å². The highest BCUT2D eigenvalue weighted by Crippen LogP contribution is 2.29. The number of aromatic nitrogens is 2. The van der Waals surface area contributed by atoms with Crippen molar-refractivity contribution in [3.8, 4) is 5.75 Å². The number of hydrogen-bond donors (Lipinski definition) is 0. The molecule has 0 saturated heterocycles. The summed E-state index contributed by atoms with van der Waals surface area (Å²) >= 11 is 0. The normalized spacial score (nSPS) is 15.2. The molecule has 8 heteroatoms. The first kappa shape index (κ1) is 28.4. The molecule has 0 unspecified atom stereocenters. The molecule has 1 aliphatic heterocycles. The van der Waals surface area contributed by atoms with Crippen LogP contribution in [0.1, 0.15) is 53.0 Å². The Morgan fingerprint density at radius 2 is 1.74 bits per heavy atom. The van der Waals surface area contributed by atoms with Crippen molar-refractivity contribution in [1.82, 2.24) is 19.6 Å². The Labute approximate surface area is 232 Å². The van der Waals surface area contributed by atoms with Crippen LogP contribution in [0.2, 0.25) is 0 Å². The van der Waals surface area contributed by atoms with Gasteiger partial charge in [0.15, 0.2) is 0 Å². The van der Waals surface area contributed by atoms with Crippen LogP contribution in [0.5, 0.6) is 5.75 Å². The van der Waals surface area contributed by atoms with Gasteiger partial charge < -0.3 is 14.5 Å². The van der Waals surface area contributed by atoms with Gasteiger partial charge in [-0.15, -0.1) is 0 Å². The van der Waals surface area contributed by atoms with Crippen molar-refractivity contribution in [3.05, 3.63) is 76.6 Å². The smallest absolute Gasteiger partial charge is 0.257 e. The van der Waals surface area contributed by atoms with Crippen molar-refractivity contribution in [1.29, 1.82) is 0 Å². The van der Waals surface area contributed by atoms with E-state index < -0.39 is 0 Å². The van der Waals surface area contributed by atoms with Crippen LogP contribution in [-0.4, -0.2) is 70.7 Å². The maximum atomic E-state index is 13.9. The summed E-state index contributed by atoms with van der Waals surface area (Å²) in [5.41, 5.74) is 5.20. The standard InChI is InChI=1S/C31H41N5O3/c1-22(2)34-15-8-16-36(29(37)19-25-11-13-27(39-6)14-12-25)30-23(3)9-7-10-26(30)20-35(18-17-34)31(38)28-21-33(5)32-24(28)4/h7,9-14,21-22H,8,15-20H2,1-6H3. The summed E-state index contributed by atoms with van der Waals surface area (Å²) in [7, 11) is 3.47. The fourth-order valence-corrected chi connectivity index (χ4v) is 5.36. The summed E-state index contributed by atoms with van der Waals surface area (Å²) in [6.07, 6.45) is 2.93. The van der Waals surface area contributed by atoms with Crippen LogP contribution in [0.4, 0.5) is 5.69 Å². The average Bonchev–Trinajstić information content (AvgIpc) is 3.23. The predicted molar refractivity (Wildman–Crippen MR) is 154 cm³/mol. The van der Waals surface area contributed by atoms with Gasteiger partial charge in [0, 0.05) is 52.0 Å². The average molecular weight is 532 g/mol. The molecule has 0 radical (unpaired) electrons. The molecule has 208 valence electrons. The highest BCUT2D eigenvalue weighted by molar-refractivity contribution is 5.97. The summed E-state index contributed by atoms with van der Waals surface area (Å²) in [6, 6.07) is 14.1. The lowest BCUT2D eigenvalue weighted by molar-refractivity contribution is -0.118. The monoisotopic (exact) mass is 531 g/mol. The van der Waals surface area contributed by atoms with Crippen LogP contribution in [0, 0.1) is 13.8 Å². The maximum Gasteiger partial charge on any atom is 0.257 e. The van der Waals surface area contributed by atoms with Crippen LogP contribution in [0.25, 0.3) is 0 Å². The summed E-state index contributed by atoms with van der Waals surface area (Å²) in [5, 5.41) is 4.40. The fraction of sp³-hybridized carbons (Fsp3) is 0.452. The second-order valence-corrected chi connectivity index (χ2v) is 10.7. The van der Waals surface area contributed by atoms with Crippen molar-refractivity contribution in [2.45, 2.75) is 53.1 Å². The molecule has 0 bridgehead atoms. The summed E-state index contributed by atoms with van der Waals surface area (Å²) < 4.78 is 6.97. The summed E-state index contributed by atoms with van der Waals surface area (Å²) in [6.45, 7) is 11.5. The lowest BCUT2D eigenvalue weighted by Crippen LogP contribution is -2.41. The van der Waals surface area contributed by atoms with E-state index in [1.807, 2.05) is 73.2 Å². The SMILES string of the molecule is COc1ccc(CC(=O)N2CCCN(C(C)C)CCN(C(=O)c3cn(C)nc3C)Cc3cccc(C)c32)cc1. The predicted octanol–water partition coefficient (Wildman–Crippen LogP) is 4.38. The number of methoxy groups -OCH3 is 1. The van der Waals surface area contributed by atoms with Crippen molar-refractivity contribution in [3.63, 3.8) is 0 Å². The Balaban J connectivity index is 1.72. The molecule has 8 nitrogen and oxygen atoms in total. The lowest BCUT2D eigenvalue weighted by atomic mass is 10.0. The number of nitrogens with zero attached hydrogens (tertiary/aromatic N) is 5. The number of benzene rings is 2. The molecule has 0 spiro atoms. The van der Waals surface area contributed by atoms with Crippen LogP contribution >= 0.6 is 0 Å². The number of amides is 2. The van der Waals surface area contributed by atoms with E-state index in [1.54, 1.807) is 18.0 Å². The third kappa shape index (κ3) is 6.68. The molecule has 39 heavy (non-hydrogen) atoms.